The number of anilines is 2. The second-order valence-corrected chi connectivity index (χ2v) is 11.4. The molecule has 0 unspecified atom stereocenters. The van der Waals surface area contributed by atoms with Gasteiger partial charge in [-0.1, -0.05) is 48.2 Å². The number of hydrogen-bond acceptors (Lipinski definition) is 6. The van der Waals surface area contributed by atoms with Crippen molar-refractivity contribution in [3.05, 3.63) is 101 Å². The molecule has 0 saturated carbocycles. The van der Waals surface area contributed by atoms with Gasteiger partial charge in [-0.15, -0.1) is 0 Å². The number of ether oxygens (including phenoxy) is 1. The average Bonchev–Trinajstić information content (AvgIpc) is 3.49. The molecule has 6 rings (SSSR count). The van der Waals surface area contributed by atoms with Crippen LogP contribution in [0.25, 0.3) is 17.0 Å². The van der Waals surface area contributed by atoms with E-state index in [1.54, 1.807) is 35.2 Å². The monoisotopic (exact) mass is 600 g/mol. The standard InChI is InChI=1S/C31H25FN4O4S2/c32-22-8-10-23(11-9-22)33-29(38)20-4-3-5-24(16-20)36-30(39)27(42-31(36)41)17-21-18-35(26-7-2-1-6-25(21)26)19-28(37)34-12-14-40-15-13-34/h1-11,16-18H,12-15,19H2,(H,33,38)/b27-17+. The molecule has 212 valence electrons. The summed E-state index contributed by atoms with van der Waals surface area (Å²) >= 11 is 6.75. The average molecular weight is 601 g/mol. The summed E-state index contributed by atoms with van der Waals surface area (Å²) in [6.07, 6.45) is 3.68. The number of nitrogens with zero attached hydrogens (tertiary/aromatic N) is 3. The highest BCUT2D eigenvalue weighted by molar-refractivity contribution is 8.27. The van der Waals surface area contributed by atoms with Crippen LogP contribution in [0.5, 0.6) is 0 Å². The number of rotatable bonds is 6. The van der Waals surface area contributed by atoms with Crippen LogP contribution in [0.2, 0.25) is 0 Å². The molecule has 1 N–H and O–H groups in total. The fourth-order valence-corrected chi connectivity index (χ4v) is 6.22. The molecule has 2 aliphatic rings. The Morgan fingerprint density at radius 1 is 1.02 bits per heavy atom. The van der Waals surface area contributed by atoms with Crippen molar-refractivity contribution in [2.24, 2.45) is 0 Å². The zero-order valence-corrected chi connectivity index (χ0v) is 23.9. The highest BCUT2D eigenvalue weighted by Gasteiger charge is 2.34. The maximum atomic E-state index is 13.6. The van der Waals surface area contributed by atoms with Crippen molar-refractivity contribution in [1.82, 2.24) is 9.47 Å². The Bertz CT molecular complexity index is 1750. The van der Waals surface area contributed by atoms with Crippen LogP contribution in [0.3, 0.4) is 0 Å². The van der Waals surface area contributed by atoms with Crippen molar-refractivity contribution >= 4 is 74.4 Å². The number of nitrogens with one attached hydrogen (secondary N) is 1. The van der Waals surface area contributed by atoms with E-state index in [9.17, 15) is 18.8 Å². The van der Waals surface area contributed by atoms with E-state index in [1.165, 1.54) is 40.9 Å². The van der Waals surface area contributed by atoms with Crippen molar-refractivity contribution in [3.8, 4) is 0 Å². The van der Waals surface area contributed by atoms with E-state index in [1.807, 2.05) is 35.0 Å². The molecular formula is C31H25FN4O4S2. The molecule has 3 amide bonds. The smallest absolute Gasteiger partial charge is 0.270 e. The van der Waals surface area contributed by atoms with Gasteiger partial charge in [0.25, 0.3) is 11.8 Å². The van der Waals surface area contributed by atoms with Gasteiger partial charge in [-0.3, -0.25) is 19.3 Å². The number of amides is 3. The van der Waals surface area contributed by atoms with Crippen molar-refractivity contribution in [2.45, 2.75) is 6.54 Å². The van der Waals surface area contributed by atoms with Gasteiger partial charge in [-0.2, -0.15) is 0 Å². The van der Waals surface area contributed by atoms with Gasteiger partial charge < -0.3 is 19.5 Å². The van der Waals surface area contributed by atoms with E-state index in [0.29, 0.717) is 52.5 Å². The summed E-state index contributed by atoms with van der Waals surface area (Å²) in [5.74, 6) is -1.09. The summed E-state index contributed by atoms with van der Waals surface area (Å²) in [5, 5.41) is 3.64. The van der Waals surface area contributed by atoms with Crippen LogP contribution in [-0.4, -0.2) is 57.8 Å². The third-order valence-electron chi connectivity index (χ3n) is 7.04. The maximum Gasteiger partial charge on any atom is 0.270 e. The van der Waals surface area contributed by atoms with E-state index in [4.69, 9.17) is 17.0 Å². The van der Waals surface area contributed by atoms with Crippen LogP contribution < -0.4 is 10.2 Å². The first kappa shape index (κ1) is 27.8. The lowest BCUT2D eigenvalue weighted by molar-refractivity contribution is -0.135. The van der Waals surface area contributed by atoms with E-state index in [-0.39, 0.29) is 18.4 Å². The first-order valence-electron chi connectivity index (χ1n) is 13.3. The quantitative estimate of drug-likeness (QED) is 0.239. The minimum absolute atomic E-state index is 0.0141. The van der Waals surface area contributed by atoms with Gasteiger partial charge in [0.1, 0.15) is 12.4 Å². The number of morpholine rings is 1. The predicted molar refractivity (Wildman–Crippen MR) is 166 cm³/mol. The largest absolute Gasteiger partial charge is 0.378 e. The molecule has 0 atom stereocenters. The number of thioether (sulfide) groups is 1. The third-order valence-corrected chi connectivity index (χ3v) is 8.34. The Morgan fingerprint density at radius 3 is 2.57 bits per heavy atom. The van der Waals surface area contributed by atoms with E-state index in [2.05, 4.69) is 5.32 Å². The number of halogens is 1. The Kier molecular flexibility index (Phi) is 7.88. The molecule has 0 bridgehead atoms. The second kappa shape index (κ2) is 11.9. The Morgan fingerprint density at radius 2 is 1.79 bits per heavy atom. The summed E-state index contributed by atoms with van der Waals surface area (Å²) in [7, 11) is 0. The first-order valence-corrected chi connectivity index (χ1v) is 14.5. The molecule has 3 aromatic carbocycles. The molecule has 2 fully saturated rings. The minimum Gasteiger partial charge on any atom is -0.378 e. The summed E-state index contributed by atoms with van der Waals surface area (Å²) in [5.41, 5.74) is 2.93. The number of fused-ring (bicyclic) bond motifs is 1. The second-order valence-electron chi connectivity index (χ2n) is 9.75. The van der Waals surface area contributed by atoms with Crippen LogP contribution in [0.1, 0.15) is 15.9 Å². The van der Waals surface area contributed by atoms with Crippen LogP contribution in [-0.2, 0) is 20.9 Å². The van der Waals surface area contributed by atoms with Crippen LogP contribution in [0.15, 0.2) is 83.9 Å². The third kappa shape index (κ3) is 5.71. The van der Waals surface area contributed by atoms with Crippen LogP contribution in [0, 0.1) is 5.82 Å². The minimum atomic E-state index is -0.400. The van der Waals surface area contributed by atoms with E-state index < -0.39 is 11.7 Å². The molecule has 11 heteroatoms. The molecular weight excluding hydrogens is 575 g/mol. The molecule has 1 aromatic heterocycles. The molecule has 0 aliphatic carbocycles. The summed E-state index contributed by atoms with van der Waals surface area (Å²) < 4.78 is 20.8. The summed E-state index contributed by atoms with van der Waals surface area (Å²) in [6, 6.07) is 19.8. The Labute approximate surface area is 250 Å². The van der Waals surface area contributed by atoms with Crippen molar-refractivity contribution in [3.63, 3.8) is 0 Å². The van der Waals surface area contributed by atoms with Gasteiger partial charge in [-0.05, 0) is 54.6 Å². The SMILES string of the molecule is O=C(Nc1ccc(F)cc1)c1cccc(N2C(=O)/C(=C\c3cn(CC(=O)N4CCOCC4)c4ccccc34)SC2=S)c1. The molecule has 0 radical (unpaired) electrons. The molecule has 2 saturated heterocycles. The van der Waals surface area contributed by atoms with Gasteiger partial charge in [0.2, 0.25) is 5.91 Å². The normalized spacial score (nSPS) is 16.5. The number of hydrogen-bond donors (Lipinski definition) is 1. The van der Waals surface area contributed by atoms with Crippen molar-refractivity contribution in [2.75, 3.05) is 36.5 Å². The topological polar surface area (TPSA) is 83.9 Å². The van der Waals surface area contributed by atoms with Gasteiger partial charge in [0.15, 0.2) is 4.32 Å². The van der Waals surface area contributed by atoms with Crippen LogP contribution in [0.4, 0.5) is 15.8 Å². The zero-order valence-electron chi connectivity index (χ0n) is 22.3. The molecule has 42 heavy (non-hydrogen) atoms. The molecule has 8 nitrogen and oxygen atoms in total. The molecule has 3 heterocycles. The zero-order chi connectivity index (χ0) is 29.2. The highest BCUT2D eigenvalue weighted by Crippen LogP contribution is 2.37. The number of carbonyl (C=O) groups is 3. The summed E-state index contributed by atoms with van der Waals surface area (Å²) in [6.45, 7) is 2.40. The fraction of sp³-hybridized carbons (Fsp3) is 0.161. The summed E-state index contributed by atoms with van der Waals surface area (Å²) in [4.78, 5) is 43.0. The van der Waals surface area contributed by atoms with E-state index in [0.717, 1.165) is 16.5 Å². The number of thiocarbonyl (C=S) groups is 1. The van der Waals surface area contributed by atoms with Crippen molar-refractivity contribution < 1.29 is 23.5 Å². The lowest BCUT2D eigenvalue weighted by Crippen LogP contribution is -2.42. The first-order chi connectivity index (χ1) is 20.4. The molecule has 2 aliphatic heterocycles. The van der Waals surface area contributed by atoms with Gasteiger partial charge in [0, 0.05) is 47.0 Å². The lowest BCUT2D eigenvalue weighted by Gasteiger charge is -2.27. The predicted octanol–water partition coefficient (Wildman–Crippen LogP) is 5.30. The molecule has 0 spiro atoms. The molecule has 4 aromatic rings. The fourth-order valence-electron chi connectivity index (χ4n) is 4.93. The number of aromatic nitrogens is 1. The Balaban J connectivity index is 1.24. The number of carbonyl (C=O) groups excluding carboxylic acids is 3. The van der Waals surface area contributed by atoms with E-state index >= 15 is 0 Å². The van der Waals surface area contributed by atoms with Crippen LogP contribution >= 0.6 is 24.0 Å². The maximum absolute atomic E-state index is 13.6. The lowest BCUT2D eigenvalue weighted by atomic mass is 10.1. The van der Waals surface area contributed by atoms with Gasteiger partial charge >= 0.3 is 0 Å². The number of benzene rings is 3. The van der Waals surface area contributed by atoms with Gasteiger partial charge in [-0.25, -0.2) is 4.39 Å². The van der Waals surface area contributed by atoms with Gasteiger partial charge in [0.05, 0.1) is 23.8 Å². The number of para-hydroxylation sites is 1. The van der Waals surface area contributed by atoms with Crippen molar-refractivity contribution in [1.29, 1.82) is 0 Å². The Hall–Kier alpha value is -4.32. The highest BCUT2D eigenvalue weighted by atomic mass is 32.2.